The quantitative estimate of drug-likeness (QED) is 0.561. The molecular weight excluding hydrogens is 167 g/mol. The van der Waals surface area contributed by atoms with Gasteiger partial charge in [0, 0.05) is 0 Å². The van der Waals surface area contributed by atoms with Gasteiger partial charge in [0.05, 0.1) is 0 Å². The predicted octanol–water partition coefficient (Wildman–Crippen LogP) is 1.57. The van der Waals surface area contributed by atoms with E-state index in [1.807, 2.05) is 0 Å². The zero-order valence-corrected chi connectivity index (χ0v) is 6.77. The van der Waals surface area contributed by atoms with E-state index in [-0.39, 0.29) is 21.1 Å². The first kappa shape index (κ1) is 5.80. The number of rotatable bonds is 2. The number of hydrogen-bond acceptors (Lipinski definition) is 0. The summed E-state index contributed by atoms with van der Waals surface area (Å²) in [5.41, 5.74) is 0. The maximum atomic E-state index is 2.29. The molecule has 0 nitrogen and oxygen atoms in total. The molecule has 0 aromatic rings. The molecule has 0 fully saturated rings. The van der Waals surface area contributed by atoms with Crippen LogP contribution in [0.3, 0.4) is 0 Å². The topological polar surface area (TPSA) is 0 Å². The van der Waals surface area contributed by atoms with E-state index < -0.39 is 0 Å². The molecule has 0 bridgehead atoms. The van der Waals surface area contributed by atoms with E-state index in [0.717, 1.165) is 0 Å². The van der Waals surface area contributed by atoms with Gasteiger partial charge in [-0.15, -0.1) is 0 Å². The van der Waals surface area contributed by atoms with Crippen LogP contribution in [-0.2, 0) is 0 Å². The average molecular weight is 177 g/mol. The van der Waals surface area contributed by atoms with Crippen LogP contribution >= 0.6 is 0 Å². The molecule has 0 rings (SSSR count). The van der Waals surface area contributed by atoms with E-state index in [1.54, 1.807) is 0 Å². The summed E-state index contributed by atoms with van der Waals surface area (Å²) in [6.45, 7) is 4.57. The van der Waals surface area contributed by atoms with Crippen LogP contribution in [0.2, 0.25) is 8.87 Å². The Kier molecular flexibility index (Phi) is 5.57. The zero-order chi connectivity index (χ0) is 4.12. The molecule has 0 N–H and O–H groups in total. The van der Waals surface area contributed by atoms with Crippen molar-refractivity contribution in [3.05, 3.63) is 0 Å². The molecule has 30 valence electrons. The fourth-order valence-electron chi connectivity index (χ4n) is 0.250. The van der Waals surface area contributed by atoms with E-state index in [1.165, 1.54) is 8.87 Å². The van der Waals surface area contributed by atoms with Gasteiger partial charge in [-0.1, -0.05) is 0 Å². The van der Waals surface area contributed by atoms with E-state index in [0.29, 0.717) is 0 Å². The molecule has 0 saturated heterocycles. The van der Waals surface area contributed by atoms with E-state index in [4.69, 9.17) is 0 Å². The Morgan fingerprint density at radius 2 is 1.60 bits per heavy atom. The molecule has 0 aliphatic carbocycles. The normalized spacial score (nSPS) is 8.40. The van der Waals surface area contributed by atoms with E-state index in [9.17, 15) is 0 Å². The van der Waals surface area contributed by atoms with Gasteiger partial charge in [-0.05, 0) is 0 Å². The van der Waals surface area contributed by atoms with Crippen LogP contribution in [0.5, 0.6) is 0 Å². The van der Waals surface area contributed by atoms with E-state index >= 15 is 0 Å². The van der Waals surface area contributed by atoms with Crippen molar-refractivity contribution in [3.8, 4) is 0 Å². The fraction of sp³-hybridized carbons (Fsp3) is 1.00. The third kappa shape index (κ3) is 4.80. The molecule has 1 heteroatoms. The standard InChI is InChI=1S/2C2H5.Sn/c2*1-2;/h2*1H2,2H3;. The molecule has 2 radical (unpaired) electrons. The van der Waals surface area contributed by atoms with Gasteiger partial charge in [-0.2, -0.15) is 0 Å². The summed E-state index contributed by atoms with van der Waals surface area (Å²) in [7, 11) is 0. The van der Waals surface area contributed by atoms with Crippen LogP contribution in [-0.4, -0.2) is 21.1 Å². The second-order valence-electron chi connectivity index (χ2n) is 0.957. The molecule has 0 aromatic carbocycles. The van der Waals surface area contributed by atoms with Crippen LogP contribution in [0.4, 0.5) is 0 Å². The minimum absolute atomic E-state index is 0.218. The second-order valence-corrected chi connectivity index (χ2v) is 6.42. The van der Waals surface area contributed by atoms with Gasteiger partial charge in [-0.25, -0.2) is 0 Å². The van der Waals surface area contributed by atoms with Gasteiger partial charge in [0.25, 0.3) is 0 Å². The van der Waals surface area contributed by atoms with Crippen LogP contribution in [0.25, 0.3) is 0 Å². The third-order valence-electron chi connectivity index (χ3n) is 0.500. The molecule has 0 aromatic heterocycles. The van der Waals surface area contributed by atoms with Crippen molar-refractivity contribution < 1.29 is 0 Å². The molecule has 0 aliphatic rings. The SMILES string of the molecule is C[CH2][Sn][CH2]C. The van der Waals surface area contributed by atoms with Crippen LogP contribution in [0, 0.1) is 0 Å². The second kappa shape index (κ2) is 4.80. The Labute approximate surface area is 44.2 Å². The molecule has 0 aliphatic heterocycles. The van der Waals surface area contributed by atoms with Gasteiger partial charge in [0.15, 0.2) is 0 Å². The summed E-state index contributed by atoms with van der Waals surface area (Å²) >= 11 is 0.218. The van der Waals surface area contributed by atoms with Gasteiger partial charge < -0.3 is 0 Å². The molecule has 0 spiro atoms. The molecular formula is C4H10Sn. The molecule has 0 unspecified atom stereocenters. The summed E-state index contributed by atoms with van der Waals surface area (Å²) in [5, 5.41) is 0. The van der Waals surface area contributed by atoms with Crippen molar-refractivity contribution in [1.82, 2.24) is 0 Å². The van der Waals surface area contributed by atoms with Gasteiger partial charge >= 0.3 is 43.9 Å². The summed E-state index contributed by atoms with van der Waals surface area (Å²) in [4.78, 5) is 0. The zero-order valence-electron chi connectivity index (χ0n) is 3.91. The molecule has 0 heterocycles. The van der Waals surface area contributed by atoms with Gasteiger partial charge in [0.2, 0.25) is 0 Å². The summed E-state index contributed by atoms with van der Waals surface area (Å²) in [5.74, 6) is 0. The van der Waals surface area contributed by atoms with Crippen molar-refractivity contribution in [2.75, 3.05) is 0 Å². The summed E-state index contributed by atoms with van der Waals surface area (Å²) < 4.78 is 3.03. The molecule has 0 atom stereocenters. The van der Waals surface area contributed by atoms with Crippen molar-refractivity contribution in [2.45, 2.75) is 22.7 Å². The minimum atomic E-state index is 0.218. The monoisotopic (exact) mass is 178 g/mol. The first-order valence-electron chi connectivity index (χ1n) is 2.12. The molecule has 0 amide bonds. The maximum absolute atomic E-state index is 2.29. The van der Waals surface area contributed by atoms with Crippen molar-refractivity contribution in [1.29, 1.82) is 0 Å². The van der Waals surface area contributed by atoms with Crippen molar-refractivity contribution in [2.24, 2.45) is 0 Å². The Balaban J connectivity index is 2.19. The van der Waals surface area contributed by atoms with Gasteiger partial charge in [0.1, 0.15) is 0 Å². The first-order valence-corrected chi connectivity index (χ1v) is 6.16. The Morgan fingerprint density at radius 1 is 1.20 bits per heavy atom. The number of hydrogen-bond donors (Lipinski definition) is 0. The summed E-state index contributed by atoms with van der Waals surface area (Å²) in [6.07, 6.45) is 0. The Morgan fingerprint density at radius 3 is 1.60 bits per heavy atom. The Bertz CT molecular complexity index is 11.1. The first-order chi connectivity index (χ1) is 2.41. The molecule has 0 saturated carbocycles. The van der Waals surface area contributed by atoms with Crippen molar-refractivity contribution in [3.63, 3.8) is 0 Å². The van der Waals surface area contributed by atoms with Crippen LogP contribution in [0.15, 0.2) is 0 Å². The van der Waals surface area contributed by atoms with Crippen LogP contribution < -0.4 is 0 Å². The molecule has 5 heavy (non-hydrogen) atoms. The Hall–Kier alpha value is 0.799. The van der Waals surface area contributed by atoms with E-state index in [2.05, 4.69) is 13.8 Å². The summed E-state index contributed by atoms with van der Waals surface area (Å²) in [6, 6.07) is 0. The fourth-order valence-corrected chi connectivity index (χ4v) is 1.68. The van der Waals surface area contributed by atoms with Crippen LogP contribution in [0.1, 0.15) is 13.8 Å². The van der Waals surface area contributed by atoms with Crippen molar-refractivity contribution >= 4 is 21.1 Å². The van der Waals surface area contributed by atoms with Gasteiger partial charge in [-0.3, -0.25) is 0 Å². The third-order valence-corrected chi connectivity index (χ3v) is 3.35. The average Bonchev–Trinajstić information content (AvgIpc) is 1.41. The predicted molar refractivity (Wildman–Crippen MR) is 26.7 cm³/mol.